The topological polar surface area (TPSA) is 38.3 Å². The second-order valence-electron chi connectivity index (χ2n) is 5.84. The average Bonchev–Trinajstić information content (AvgIpc) is 2.98. The van der Waals surface area contributed by atoms with E-state index in [1.807, 2.05) is 19.9 Å². The Balaban J connectivity index is 1.94. The largest absolute Gasteiger partial charge is 0.377 e. The summed E-state index contributed by atoms with van der Waals surface area (Å²) in [5, 5.41) is 2.94. The number of benzene rings is 1. The van der Waals surface area contributed by atoms with Gasteiger partial charge in [-0.1, -0.05) is 28.1 Å². The summed E-state index contributed by atoms with van der Waals surface area (Å²) >= 11 is 3.74. The van der Waals surface area contributed by atoms with Gasteiger partial charge in [0, 0.05) is 12.3 Å². The summed E-state index contributed by atoms with van der Waals surface area (Å²) in [6, 6.07) is 6.20. The van der Waals surface area contributed by atoms with Crippen molar-refractivity contribution in [3.63, 3.8) is 0 Å². The molecule has 2 aliphatic rings. The third-order valence-electron chi connectivity index (χ3n) is 4.14. The van der Waals surface area contributed by atoms with Gasteiger partial charge in [0.1, 0.15) is 0 Å². The maximum absolute atomic E-state index is 11.9. The molecule has 1 saturated heterocycles. The first kappa shape index (κ1) is 13.1. The van der Waals surface area contributed by atoms with Crippen LogP contribution in [0.5, 0.6) is 0 Å². The first-order valence-corrected chi connectivity index (χ1v) is 7.63. The number of hydrogen-bond donors (Lipinski definition) is 1. The number of carbonyl (C=O) groups is 1. The highest BCUT2D eigenvalue weighted by Gasteiger charge is 2.39. The molecule has 0 spiro atoms. The van der Waals surface area contributed by atoms with Gasteiger partial charge >= 0.3 is 0 Å². The lowest BCUT2D eigenvalue weighted by atomic mass is 9.85. The van der Waals surface area contributed by atoms with Crippen LogP contribution in [-0.2, 0) is 14.9 Å². The Morgan fingerprint density at radius 1 is 1.47 bits per heavy atom. The van der Waals surface area contributed by atoms with Crippen molar-refractivity contribution < 1.29 is 9.53 Å². The Hall–Kier alpha value is -0.870. The smallest absolute Gasteiger partial charge is 0.234 e. The minimum Gasteiger partial charge on any atom is -0.377 e. The van der Waals surface area contributed by atoms with Crippen molar-refractivity contribution in [2.24, 2.45) is 0 Å². The van der Waals surface area contributed by atoms with E-state index in [1.54, 1.807) is 0 Å². The van der Waals surface area contributed by atoms with Crippen LogP contribution in [0.2, 0.25) is 0 Å². The SMILES string of the molecule is CC1(C)C(=O)Nc2ccc(C(Br)C3CCCO3)cc21. The van der Waals surface area contributed by atoms with E-state index >= 15 is 0 Å². The number of rotatable bonds is 2. The van der Waals surface area contributed by atoms with Gasteiger partial charge in [-0.05, 0) is 43.9 Å². The summed E-state index contributed by atoms with van der Waals surface area (Å²) in [5.41, 5.74) is 2.76. The van der Waals surface area contributed by atoms with E-state index in [4.69, 9.17) is 4.74 Å². The van der Waals surface area contributed by atoms with Crippen LogP contribution in [0.3, 0.4) is 0 Å². The van der Waals surface area contributed by atoms with Gasteiger partial charge in [-0.3, -0.25) is 4.79 Å². The fraction of sp³-hybridized carbons (Fsp3) is 0.533. The number of amides is 1. The first-order valence-electron chi connectivity index (χ1n) is 6.72. The van der Waals surface area contributed by atoms with Crippen LogP contribution in [0, 0.1) is 0 Å². The van der Waals surface area contributed by atoms with Crippen molar-refractivity contribution in [1.82, 2.24) is 0 Å². The maximum Gasteiger partial charge on any atom is 0.234 e. The van der Waals surface area contributed by atoms with E-state index in [9.17, 15) is 4.79 Å². The summed E-state index contributed by atoms with van der Waals surface area (Å²) in [7, 11) is 0. The van der Waals surface area contributed by atoms with Gasteiger partial charge in [-0.2, -0.15) is 0 Å². The molecule has 0 radical (unpaired) electrons. The van der Waals surface area contributed by atoms with Crippen molar-refractivity contribution in [2.75, 3.05) is 11.9 Å². The molecule has 102 valence electrons. The molecule has 0 bridgehead atoms. The highest BCUT2D eigenvalue weighted by atomic mass is 79.9. The molecular weight excluding hydrogens is 306 g/mol. The van der Waals surface area contributed by atoms with E-state index in [0.717, 1.165) is 30.7 Å². The molecular formula is C15H18BrNO2. The van der Waals surface area contributed by atoms with Crippen molar-refractivity contribution in [1.29, 1.82) is 0 Å². The van der Waals surface area contributed by atoms with Crippen LogP contribution in [-0.4, -0.2) is 18.6 Å². The number of alkyl halides is 1. The summed E-state index contributed by atoms with van der Waals surface area (Å²) in [6.07, 6.45) is 2.46. The Labute approximate surface area is 121 Å². The second-order valence-corrected chi connectivity index (χ2v) is 6.82. The molecule has 0 aliphatic carbocycles. The average molecular weight is 324 g/mol. The third kappa shape index (κ3) is 2.11. The Morgan fingerprint density at radius 3 is 2.95 bits per heavy atom. The molecule has 19 heavy (non-hydrogen) atoms. The highest BCUT2D eigenvalue weighted by Crippen LogP contribution is 2.41. The number of fused-ring (bicyclic) bond motifs is 1. The number of halogens is 1. The summed E-state index contributed by atoms with van der Waals surface area (Å²) in [6.45, 7) is 4.78. The predicted octanol–water partition coefficient (Wildman–Crippen LogP) is 3.53. The lowest BCUT2D eigenvalue weighted by Crippen LogP contribution is -2.27. The molecule has 0 aromatic heterocycles. The molecule has 3 nitrogen and oxygen atoms in total. The molecule has 1 aromatic carbocycles. The van der Waals surface area contributed by atoms with E-state index < -0.39 is 5.41 Å². The second kappa shape index (κ2) is 4.60. The molecule has 2 heterocycles. The zero-order valence-corrected chi connectivity index (χ0v) is 12.8. The normalized spacial score (nSPS) is 26.1. The number of hydrogen-bond acceptors (Lipinski definition) is 2. The number of carbonyl (C=O) groups excluding carboxylic acids is 1. The van der Waals surface area contributed by atoms with Crippen LogP contribution < -0.4 is 5.32 Å². The number of ether oxygens (including phenoxy) is 1. The van der Waals surface area contributed by atoms with Crippen molar-refractivity contribution >= 4 is 27.5 Å². The van der Waals surface area contributed by atoms with Crippen molar-refractivity contribution in [3.8, 4) is 0 Å². The number of anilines is 1. The Bertz CT molecular complexity index is 521. The molecule has 0 saturated carbocycles. The fourth-order valence-electron chi connectivity index (χ4n) is 2.81. The minimum atomic E-state index is -0.450. The van der Waals surface area contributed by atoms with Crippen LogP contribution in [0.15, 0.2) is 18.2 Å². The summed E-state index contributed by atoms with van der Waals surface area (Å²) in [5.74, 6) is 0.0721. The van der Waals surface area contributed by atoms with Crippen LogP contribution >= 0.6 is 15.9 Å². The molecule has 1 amide bonds. The first-order chi connectivity index (χ1) is 9.00. The van der Waals surface area contributed by atoms with Crippen molar-refractivity contribution in [2.45, 2.75) is 43.0 Å². The van der Waals surface area contributed by atoms with Gasteiger partial charge in [0.15, 0.2) is 0 Å². The van der Waals surface area contributed by atoms with Crippen LogP contribution in [0.1, 0.15) is 42.6 Å². The van der Waals surface area contributed by atoms with Gasteiger partial charge in [0.05, 0.1) is 16.3 Å². The van der Waals surface area contributed by atoms with Gasteiger partial charge in [-0.15, -0.1) is 0 Å². The van der Waals surface area contributed by atoms with E-state index in [-0.39, 0.29) is 16.8 Å². The zero-order chi connectivity index (χ0) is 13.6. The van der Waals surface area contributed by atoms with Crippen molar-refractivity contribution in [3.05, 3.63) is 29.3 Å². The molecule has 3 rings (SSSR count). The molecule has 2 atom stereocenters. The molecule has 2 unspecified atom stereocenters. The van der Waals surface area contributed by atoms with E-state index in [0.29, 0.717) is 0 Å². The predicted molar refractivity (Wildman–Crippen MR) is 78.7 cm³/mol. The van der Waals surface area contributed by atoms with Gasteiger partial charge < -0.3 is 10.1 Å². The fourth-order valence-corrected chi connectivity index (χ4v) is 3.51. The Morgan fingerprint density at radius 2 is 2.26 bits per heavy atom. The van der Waals surface area contributed by atoms with Crippen LogP contribution in [0.4, 0.5) is 5.69 Å². The zero-order valence-electron chi connectivity index (χ0n) is 11.2. The monoisotopic (exact) mass is 323 g/mol. The highest BCUT2D eigenvalue weighted by molar-refractivity contribution is 9.09. The van der Waals surface area contributed by atoms with Gasteiger partial charge in [0.25, 0.3) is 0 Å². The molecule has 4 heteroatoms. The lowest BCUT2D eigenvalue weighted by Gasteiger charge is -2.20. The number of nitrogens with one attached hydrogen (secondary N) is 1. The van der Waals surface area contributed by atoms with E-state index in [2.05, 4.69) is 33.4 Å². The molecule has 1 aromatic rings. The third-order valence-corrected chi connectivity index (χ3v) is 5.26. The standard InChI is InChI=1S/C15H18BrNO2/c1-15(2)10-8-9(5-6-11(10)17-14(15)18)13(16)12-4-3-7-19-12/h5-6,8,12-13H,3-4,7H2,1-2H3,(H,17,18). The minimum absolute atomic E-state index is 0.0721. The van der Waals surface area contributed by atoms with E-state index in [1.165, 1.54) is 5.56 Å². The summed E-state index contributed by atoms with van der Waals surface area (Å²) in [4.78, 5) is 12.1. The lowest BCUT2D eigenvalue weighted by molar-refractivity contribution is -0.119. The molecule has 2 aliphatic heterocycles. The maximum atomic E-state index is 11.9. The Kier molecular flexibility index (Phi) is 3.18. The molecule has 1 N–H and O–H groups in total. The quantitative estimate of drug-likeness (QED) is 0.845. The summed E-state index contributed by atoms with van der Waals surface area (Å²) < 4.78 is 5.73. The van der Waals surface area contributed by atoms with Gasteiger partial charge in [-0.25, -0.2) is 0 Å². The molecule has 1 fully saturated rings. The van der Waals surface area contributed by atoms with Gasteiger partial charge in [0.2, 0.25) is 5.91 Å². The van der Waals surface area contributed by atoms with Crippen LogP contribution in [0.25, 0.3) is 0 Å².